The number of H-pyrrole nitrogens is 1. The van der Waals surface area contributed by atoms with Gasteiger partial charge in [-0.2, -0.15) is 0 Å². The molecule has 1 aromatic carbocycles. The Balaban J connectivity index is 1.98. The molecule has 1 heterocycles. The number of aromatic nitrogens is 1. The summed E-state index contributed by atoms with van der Waals surface area (Å²) in [5.74, 6) is -0.294. The topological polar surface area (TPSA) is 82.2 Å². The van der Waals surface area contributed by atoms with Crippen LogP contribution in [-0.2, 0) is 13.2 Å². The summed E-state index contributed by atoms with van der Waals surface area (Å²) in [5.41, 5.74) is 1.77. The first-order valence-corrected chi connectivity index (χ1v) is 5.84. The maximum absolute atomic E-state index is 11.8. The van der Waals surface area contributed by atoms with Crippen LogP contribution in [0, 0.1) is 0 Å². The van der Waals surface area contributed by atoms with E-state index in [1.165, 1.54) is 12.3 Å². The normalized spacial score (nSPS) is 10.2. The van der Waals surface area contributed by atoms with Gasteiger partial charge in [-0.1, -0.05) is 24.3 Å². The van der Waals surface area contributed by atoms with E-state index in [0.29, 0.717) is 12.1 Å². The van der Waals surface area contributed by atoms with Gasteiger partial charge in [0.25, 0.3) is 5.91 Å². The summed E-state index contributed by atoms with van der Waals surface area (Å²) in [6.07, 6.45) is 1.44. The molecule has 0 unspecified atom stereocenters. The number of aromatic amines is 1. The lowest BCUT2D eigenvalue weighted by molar-refractivity contribution is 0.0950. The molecule has 0 fully saturated rings. The molecule has 0 aliphatic rings. The second kappa shape index (κ2) is 5.97. The van der Waals surface area contributed by atoms with Crippen molar-refractivity contribution < 1.29 is 9.90 Å². The highest BCUT2D eigenvalue weighted by atomic mass is 16.3. The summed E-state index contributed by atoms with van der Waals surface area (Å²) in [6, 6.07) is 10.1. The minimum atomic E-state index is -0.306. The van der Waals surface area contributed by atoms with Gasteiger partial charge >= 0.3 is 0 Å². The summed E-state index contributed by atoms with van der Waals surface area (Å²) in [4.78, 5) is 25.3. The number of amides is 1. The lowest BCUT2D eigenvalue weighted by Crippen LogP contribution is -2.24. The van der Waals surface area contributed by atoms with Gasteiger partial charge in [-0.3, -0.25) is 9.59 Å². The molecule has 0 atom stereocenters. The predicted molar refractivity (Wildman–Crippen MR) is 70.6 cm³/mol. The van der Waals surface area contributed by atoms with Crippen molar-refractivity contribution >= 4 is 5.91 Å². The van der Waals surface area contributed by atoms with E-state index in [2.05, 4.69) is 10.3 Å². The van der Waals surface area contributed by atoms with Crippen molar-refractivity contribution in [2.24, 2.45) is 0 Å². The van der Waals surface area contributed by atoms with Crippen LogP contribution in [0.15, 0.2) is 47.4 Å². The van der Waals surface area contributed by atoms with Crippen LogP contribution in [-0.4, -0.2) is 16.0 Å². The number of nitrogens with one attached hydrogen (secondary N) is 2. The zero-order valence-corrected chi connectivity index (χ0v) is 10.2. The number of carbonyl (C=O) groups is 1. The highest BCUT2D eigenvalue weighted by molar-refractivity contribution is 5.93. The Labute approximate surface area is 109 Å². The van der Waals surface area contributed by atoms with Crippen molar-refractivity contribution in [2.75, 3.05) is 0 Å². The summed E-state index contributed by atoms with van der Waals surface area (Å²) in [6.45, 7) is 0.372. The highest BCUT2D eigenvalue weighted by Gasteiger charge is 2.05. The Hall–Kier alpha value is -2.40. The van der Waals surface area contributed by atoms with E-state index in [0.717, 1.165) is 11.1 Å². The fourth-order valence-electron chi connectivity index (χ4n) is 1.63. The molecule has 19 heavy (non-hydrogen) atoms. The second-order valence-corrected chi connectivity index (χ2v) is 4.10. The third kappa shape index (κ3) is 3.53. The first-order valence-electron chi connectivity index (χ1n) is 5.84. The van der Waals surface area contributed by atoms with Gasteiger partial charge in [0, 0.05) is 24.4 Å². The van der Waals surface area contributed by atoms with E-state index in [-0.39, 0.29) is 18.1 Å². The van der Waals surface area contributed by atoms with Crippen LogP contribution in [0.1, 0.15) is 21.5 Å². The van der Waals surface area contributed by atoms with Crippen molar-refractivity contribution in [2.45, 2.75) is 13.2 Å². The molecule has 0 aliphatic heterocycles. The number of hydrogen-bond acceptors (Lipinski definition) is 3. The summed E-state index contributed by atoms with van der Waals surface area (Å²) < 4.78 is 0. The molecule has 0 spiro atoms. The Morgan fingerprint density at radius 1 is 1.16 bits per heavy atom. The number of aliphatic hydroxyl groups is 1. The molecule has 0 saturated carbocycles. The third-order valence-electron chi connectivity index (χ3n) is 2.70. The van der Waals surface area contributed by atoms with Crippen LogP contribution in [0.25, 0.3) is 0 Å². The standard InChI is InChI=1S/C14H14N2O3/c17-9-11-3-1-10(2-4-11)8-16-14(19)12-5-6-15-13(18)7-12/h1-7,17H,8-9H2,(H,15,18)(H,16,19). The summed E-state index contributed by atoms with van der Waals surface area (Å²) in [7, 11) is 0. The van der Waals surface area contributed by atoms with Crippen LogP contribution in [0.2, 0.25) is 0 Å². The quantitative estimate of drug-likeness (QED) is 0.758. The molecule has 1 aromatic heterocycles. The van der Waals surface area contributed by atoms with Crippen molar-refractivity contribution in [3.8, 4) is 0 Å². The van der Waals surface area contributed by atoms with Crippen LogP contribution >= 0.6 is 0 Å². The van der Waals surface area contributed by atoms with Gasteiger partial charge in [0.1, 0.15) is 0 Å². The van der Waals surface area contributed by atoms with E-state index < -0.39 is 0 Å². The van der Waals surface area contributed by atoms with Gasteiger partial charge < -0.3 is 15.4 Å². The lowest BCUT2D eigenvalue weighted by atomic mass is 10.1. The van der Waals surface area contributed by atoms with Crippen molar-refractivity contribution in [1.82, 2.24) is 10.3 Å². The van der Waals surface area contributed by atoms with E-state index in [1.54, 1.807) is 18.2 Å². The number of pyridine rings is 1. The molecule has 0 radical (unpaired) electrons. The molecule has 5 nitrogen and oxygen atoms in total. The lowest BCUT2D eigenvalue weighted by Gasteiger charge is -2.05. The van der Waals surface area contributed by atoms with E-state index in [9.17, 15) is 9.59 Å². The fraction of sp³-hybridized carbons (Fsp3) is 0.143. The summed E-state index contributed by atoms with van der Waals surface area (Å²) >= 11 is 0. The fourth-order valence-corrected chi connectivity index (χ4v) is 1.63. The Kier molecular flexibility index (Phi) is 4.10. The monoisotopic (exact) mass is 258 g/mol. The van der Waals surface area contributed by atoms with Crippen LogP contribution < -0.4 is 10.9 Å². The Morgan fingerprint density at radius 3 is 2.47 bits per heavy atom. The molecule has 0 saturated heterocycles. The molecule has 1 amide bonds. The van der Waals surface area contributed by atoms with Crippen molar-refractivity contribution in [1.29, 1.82) is 0 Å². The molecular formula is C14H14N2O3. The average molecular weight is 258 g/mol. The SMILES string of the molecule is O=C(NCc1ccc(CO)cc1)c1cc[nH]c(=O)c1. The van der Waals surface area contributed by atoms with Gasteiger partial charge in [0.15, 0.2) is 0 Å². The van der Waals surface area contributed by atoms with Crippen molar-refractivity contribution in [3.05, 3.63) is 69.6 Å². The molecular weight excluding hydrogens is 244 g/mol. The molecule has 3 N–H and O–H groups in total. The van der Waals surface area contributed by atoms with Gasteiger partial charge in [0.05, 0.1) is 6.61 Å². The number of benzene rings is 1. The van der Waals surface area contributed by atoms with E-state index in [1.807, 2.05) is 12.1 Å². The number of rotatable bonds is 4. The Morgan fingerprint density at radius 2 is 1.84 bits per heavy atom. The van der Waals surface area contributed by atoms with Gasteiger partial charge in [-0.05, 0) is 17.2 Å². The molecule has 0 aliphatic carbocycles. The molecule has 5 heteroatoms. The largest absolute Gasteiger partial charge is 0.392 e. The zero-order chi connectivity index (χ0) is 13.7. The van der Waals surface area contributed by atoms with Crippen molar-refractivity contribution in [3.63, 3.8) is 0 Å². The predicted octanol–water partition coefficient (Wildman–Crippen LogP) is 0.797. The third-order valence-corrected chi connectivity index (χ3v) is 2.70. The van der Waals surface area contributed by atoms with Crippen LogP contribution in [0.5, 0.6) is 0 Å². The molecule has 98 valence electrons. The minimum absolute atomic E-state index is 0.000564. The number of aliphatic hydroxyl groups excluding tert-OH is 1. The smallest absolute Gasteiger partial charge is 0.251 e. The number of hydrogen-bond donors (Lipinski definition) is 3. The highest BCUT2D eigenvalue weighted by Crippen LogP contribution is 2.04. The number of carbonyl (C=O) groups excluding carboxylic acids is 1. The molecule has 2 aromatic rings. The van der Waals surface area contributed by atoms with Crippen LogP contribution in [0.4, 0.5) is 0 Å². The second-order valence-electron chi connectivity index (χ2n) is 4.10. The van der Waals surface area contributed by atoms with E-state index in [4.69, 9.17) is 5.11 Å². The average Bonchev–Trinajstić information content (AvgIpc) is 2.45. The van der Waals surface area contributed by atoms with Gasteiger partial charge in [-0.25, -0.2) is 0 Å². The first kappa shape index (κ1) is 13.0. The van der Waals surface area contributed by atoms with E-state index >= 15 is 0 Å². The Bertz CT molecular complexity index is 617. The maximum atomic E-state index is 11.8. The zero-order valence-electron chi connectivity index (χ0n) is 10.2. The molecule has 2 rings (SSSR count). The summed E-state index contributed by atoms with van der Waals surface area (Å²) in [5, 5.41) is 11.6. The van der Waals surface area contributed by atoms with Gasteiger partial charge in [-0.15, -0.1) is 0 Å². The maximum Gasteiger partial charge on any atom is 0.251 e. The minimum Gasteiger partial charge on any atom is -0.392 e. The van der Waals surface area contributed by atoms with Gasteiger partial charge in [0.2, 0.25) is 5.56 Å². The van der Waals surface area contributed by atoms with Crippen LogP contribution in [0.3, 0.4) is 0 Å². The first-order chi connectivity index (χ1) is 9.19. The molecule has 0 bridgehead atoms.